The van der Waals surface area contributed by atoms with Crippen molar-refractivity contribution in [2.75, 3.05) is 26.9 Å². The Bertz CT molecular complexity index is 955. The van der Waals surface area contributed by atoms with Gasteiger partial charge in [-0.15, -0.1) is 0 Å². The summed E-state index contributed by atoms with van der Waals surface area (Å²) in [5.41, 5.74) is 3.25. The second-order valence-electron chi connectivity index (χ2n) is 7.59. The first-order chi connectivity index (χ1) is 14.5. The fourth-order valence-electron chi connectivity index (χ4n) is 3.93. The number of esters is 1. The maximum Gasteiger partial charge on any atom is 0.337 e. The zero-order chi connectivity index (χ0) is 21.1. The van der Waals surface area contributed by atoms with Gasteiger partial charge in [-0.2, -0.15) is 0 Å². The number of rotatable bonds is 5. The van der Waals surface area contributed by atoms with E-state index in [1.807, 2.05) is 24.3 Å². The van der Waals surface area contributed by atoms with Crippen LogP contribution in [-0.2, 0) is 20.7 Å². The van der Waals surface area contributed by atoms with Crippen LogP contribution in [0.3, 0.4) is 0 Å². The highest BCUT2D eigenvalue weighted by atomic mass is 35.5. The Hall–Kier alpha value is -2.57. The summed E-state index contributed by atoms with van der Waals surface area (Å²) in [7, 11) is 1.36. The Morgan fingerprint density at radius 1 is 1.17 bits per heavy atom. The number of benzene rings is 2. The molecule has 2 aliphatic rings. The molecule has 4 rings (SSSR count). The van der Waals surface area contributed by atoms with Crippen LogP contribution in [0.4, 0.5) is 0 Å². The molecule has 1 amide bonds. The minimum Gasteiger partial charge on any atom is -0.486 e. The highest BCUT2D eigenvalue weighted by Crippen LogP contribution is 2.39. The lowest BCUT2D eigenvalue weighted by atomic mass is 9.98. The van der Waals surface area contributed by atoms with Gasteiger partial charge in [0.1, 0.15) is 11.9 Å². The van der Waals surface area contributed by atoms with E-state index in [2.05, 4.69) is 5.32 Å². The first-order valence-electron chi connectivity index (χ1n) is 10.1. The van der Waals surface area contributed by atoms with Crippen molar-refractivity contribution < 1.29 is 23.8 Å². The maximum absolute atomic E-state index is 12.4. The third-order valence-electron chi connectivity index (χ3n) is 5.57. The molecule has 0 radical (unpaired) electrons. The van der Waals surface area contributed by atoms with E-state index in [0.717, 1.165) is 29.5 Å². The normalized spacial score (nSPS) is 18.4. The summed E-state index contributed by atoms with van der Waals surface area (Å²) >= 11 is 6.49. The fraction of sp³-hybridized carbons (Fsp3) is 0.391. The number of carbonyl (C=O) groups excluding carboxylic acids is 2. The number of nitrogens with one attached hydrogen (secondary N) is 1. The summed E-state index contributed by atoms with van der Waals surface area (Å²) in [6.45, 7) is 1.71. The van der Waals surface area contributed by atoms with Gasteiger partial charge in [-0.1, -0.05) is 23.7 Å². The van der Waals surface area contributed by atoms with Gasteiger partial charge in [-0.3, -0.25) is 4.79 Å². The molecule has 1 fully saturated rings. The highest BCUT2D eigenvalue weighted by Gasteiger charge is 2.28. The molecular formula is C23H24ClNO5. The molecule has 2 aromatic carbocycles. The molecule has 2 heterocycles. The Morgan fingerprint density at radius 2 is 1.97 bits per heavy atom. The molecule has 0 unspecified atom stereocenters. The van der Waals surface area contributed by atoms with Crippen LogP contribution in [-0.4, -0.2) is 44.8 Å². The number of carbonyl (C=O) groups is 2. The predicted molar refractivity (Wildman–Crippen MR) is 113 cm³/mol. The Morgan fingerprint density at radius 3 is 2.73 bits per heavy atom. The molecule has 0 bridgehead atoms. The molecule has 1 atom stereocenters. The van der Waals surface area contributed by atoms with Crippen LogP contribution in [0.5, 0.6) is 5.75 Å². The Balaban J connectivity index is 1.44. The third kappa shape index (κ3) is 4.45. The van der Waals surface area contributed by atoms with Crippen molar-refractivity contribution in [2.45, 2.75) is 25.4 Å². The van der Waals surface area contributed by atoms with Gasteiger partial charge in [-0.05, 0) is 48.2 Å². The van der Waals surface area contributed by atoms with E-state index in [1.54, 1.807) is 12.1 Å². The highest BCUT2D eigenvalue weighted by molar-refractivity contribution is 6.32. The van der Waals surface area contributed by atoms with Gasteiger partial charge in [0.15, 0.2) is 0 Å². The van der Waals surface area contributed by atoms with Crippen LogP contribution in [0.2, 0.25) is 5.02 Å². The van der Waals surface area contributed by atoms with E-state index in [0.29, 0.717) is 42.5 Å². The van der Waals surface area contributed by atoms with E-state index in [9.17, 15) is 9.59 Å². The largest absolute Gasteiger partial charge is 0.486 e. The van der Waals surface area contributed by atoms with Gasteiger partial charge in [0.25, 0.3) is 0 Å². The quantitative estimate of drug-likeness (QED) is 0.734. The van der Waals surface area contributed by atoms with Crippen LogP contribution < -0.4 is 10.1 Å². The van der Waals surface area contributed by atoms with Crippen molar-refractivity contribution in [3.05, 3.63) is 52.5 Å². The predicted octanol–water partition coefficient (Wildman–Crippen LogP) is 3.64. The van der Waals surface area contributed by atoms with Gasteiger partial charge in [0.2, 0.25) is 5.91 Å². The lowest BCUT2D eigenvalue weighted by Gasteiger charge is -2.22. The van der Waals surface area contributed by atoms with Crippen molar-refractivity contribution in [3.63, 3.8) is 0 Å². The van der Waals surface area contributed by atoms with Crippen molar-refractivity contribution in [2.24, 2.45) is 5.92 Å². The lowest BCUT2D eigenvalue weighted by Crippen LogP contribution is -2.39. The monoisotopic (exact) mass is 429 g/mol. The van der Waals surface area contributed by atoms with E-state index < -0.39 is 0 Å². The molecule has 0 saturated carbocycles. The zero-order valence-electron chi connectivity index (χ0n) is 16.8. The van der Waals surface area contributed by atoms with Gasteiger partial charge in [-0.25, -0.2) is 4.79 Å². The molecule has 2 aliphatic heterocycles. The number of hydrogen-bond donors (Lipinski definition) is 1. The molecule has 2 aromatic rings. The Kier molecular flexibility index (Phi) is 6.25. The van der Waals surface area contributed by atoms with Gasteiger partial charge in [0.05, 0.1) is 24.2 Å². The van der Waals surface area contributed by atoms with Crippen LogP contribution >= 0.6 is 11.6 Å². The number of fused-ring (bicyclic) bond motifs is 1. The zero-order valence-corrected chi connectivity index (χ0v) is 17.5. The number of methoxy groups -OCH3 is 1. The first-order valence-corrected chi connectivity index (χ1v) is 10.5. The molecule has 1 saturated heterocycles. The number of amides is 1. The average Bonchev–Trinajstić information content (AvgIpc) is 3.21. The second-order valence-corrected chi connectivity index (χ2v) is 8.00. The number of halogens is 1. The van der Waals surface area contributed by atoms with Crippen LogP contribution in [0.15, 0.2) is 36.4 Å². The summed E-state index contributed by atoms with van der Waals surface area (Å²) in [6.07, 6.45) is 2.03. The molecule has 7 heteroatoms. The fourth-order valence-corrected chi connectivity index (χ4v) is 4.21. The van der Waals surface area contributed by atoms with Crippen molar-refractivity contribution >= 4 is 23.5 Å². The number of ether oxygens (including phenoxy) is 3. The standard InChI is InChI=1S/C23H24ClNO5/c1-28-23(27)16-4-2-3-15(9-16)17-10-18-11-19(30-21(18)20(24)12-17)13-25-22(26)14-5-7-29-8-6-14/h2-4,9-10,12,14,19H,5-8,11,13H2,1H3,(H,25,26)/t19-/m1/s1. The topological polar surface area (TPSA) is 73.9 Å². The van der Waals surface area contributed by atoms with E-state index in [-0.39, 0.29) is 23.9 Å². The summed E-state index contributed by atoms with van der Waals surface area (Å²) in [5, 5.41) is 3.53. The molecule has 0 aliphatic carbocycles. The van der Waals surface area contributed by atoms with E-state index >= 15 is 0 Å². The van der Waals surface area contributed by atoms with Crippen molar-refractivity contribution in [1.29, 1.82) is 0 Å². The van der Waals surface area contributed by atoms with Crippen LogP contribution in [0.25, 0.3) is 11.1 Å². The molecule has 6 nitrogen and oxygen atoms in total. The SMILES string of the molecule is COC(=O)c1cccc(-c2cc(Cl)c3c(c2)C[C@H](CNC(=O)C2CCOCC2)O3)c1. The molecule has 158 valence electrons. The van der Waals surface area contributed by atoms with Crippen molar-refractivity contribution in [3.8, 4) is 16.9 Å². The number of hydrogen-bond acceptors (Lipinski definition) is 5. The lowest BCUT2D eigenvalue weighted by molar-refractivity contribution is -0.128. The molecule has 1 N–H and O–H groups in total. The van der Waals surface area contributed by atoms with Crippen LogP contribution in [0, 0.1) is 5.92 Å². The van der Waals surface area contributed by atoms with E-state index in [4.69, 9.17) is 25.8 Å². The minimum absolute atomic E-state index is 0.0137. The summed E-state index contributed by atoms with van der Waals surface area (Å²) < 4.78 is 16.1. The van der Waals surface area contributed by atoms with Gasteiger partial charge >= 0.3 is 5.97 Å². The summed E-state index contributed by atoms with van der Waals surface area (Å²) in [5.74, 6) is 0.353. The minimum atomic E-state index is -0.382. The molecule has 0 spiro atoms. The van der Waals surface area contributed by atoms with Crippen molar-refractivity contribution in [1.82, 2.24) is 5.32 Å². The van der Waals surface area contributed by atoms with Crippen LogP contribution in [0.1, 0.15) is 28.8 Å². The van der Waals surface area contributed by atoms with Gasteiger partial charge in [0, 0.05) is 31.1 Å². The molecular weight excluding hydrogens is 406 g/mol. The van der Waals surface area contributed by atoms with Gasteiger partial charge < -0.3 is 19.5 Å². The maximum atomic E-state index is 12.4. The molecule has 0 aromatic heterocycles. The Labute approximate surface area is 180 Å². The smallest absolute Gasteiger partial charge is 0.337 e. The average molecular weight is 430 g/mol. The summed E-state index contributed by atoms with van der Waals surface area (Å²) in [6, 6.07) is 11.1. The molecule has 30 heavy (non-hydrogen) atoms. The van der Waals surface area contributed by atoms with E-state index in [1.165, 1.54) is 7.11 Å². The first kappa shape index (κ1) is 20.7. The second kappa shape index (κ2) is 9.06. The summed E-state index contributed by atoms with van der Waals surface area (Å²) in [4.78, 5) is 24.2. The third-order valence-corrected chi connectivity index (χ3v) is 5.85.